The summed E-state index contributed by atoms with van der Waals surface area (Å²) in [5.74, 6) is 1.37. The summed E-state index contributed by atoms with van der Waals surface area (Å²) in [7, 11) is 0. The number of halogens is 1. The van der Waals surface area contributed by atoms with E-state index in [4.69, 9.17) is 9.97 Å². The van der Waals surface area contributed by atoms with Crippen molar-refractivity contribution < 1.29 is 14.0 Å². The number of amides is 2. The Kier molecular flexibility index (Phi) is 5.66. The largest absolute Gasteiger partial charge is 0.332 e. The smallest absolute Gasteiger partial charge is 0.228 e. The Morgan fingerprint density at radius 3 is 2.56 bits per heavy atom. The van der Waals surface area contributed by atoms with Gasteiger partial charge in [0.1, 0.15) is 11.6 Å². The summed E-state index contributed by atoms with van der Waals surface area (Å²) in [5, 5.41) is 0. The van der Waals surface area contributed by atoms with E-state index >= 15 is 0 Å². The van der Waals surface area contributed by atoms with Crippen molar-refractivity contribution in [3.05, 3.63) is 52.7 Å². The molecule has 0 radical (unpaired) electrons. The maximum absolute atomic E-state index is 13.3. The van der Waals surface area contributed by atoms with Gasteiger partial charge in [-0.2, -0.15) is 0 Å². The fourth-order valence-corrected chi connectivity index (χ4v) is 5.39. The van der Waals surface area contributed by atoms with Crippen LogP contribution < -0.4 is 4.90 Å². The number of fused-ring (bicyclic) bond motifs is 1. The number of benzene rings is 1. The number of hydrogen-bond acceptors (Lipinski definition) is 4. The molecule has 5 rings (SSSR count). The van der Waals surface area contributed by atoms with E-state index in [2.05, 4.69) is 0 Å². The van der Waals surface area contributed by atoms with Crippen molar-refractivity contribution in [1.82, 2.24) is 14.9 Å². The van der Waals surface area contributed by atoms with Crippen LogP contribution in [0.25, 0.3) is 0 Å². The third-order valence-corrected chi connectivity index (χ3v) is 7.15. The van der Waals surface area contributed by atoms with Crippen LogP contribution in [0.4, 0.5) is 10.2 Å². The van der Waals surface area contributed by atoms with E-state index in [9.17, 15) is 14.0 Å². The second kappa shape index (κ2) is 8.60. The summed E-state index contributed by atoms with van der Waals surface area (Å²) in [6.07, 6.45) is 7.04. The predicted octanol–water partition coefficient (Wildman–Crippen LogP) is 4.26. The van der Waals surface area contributed by atoms with E-state index in [0.717, 1.165) is 61.9 Å². The molecule has 2 fully saturated rings. The first-order valence-corrected chi connectivity index (χ1v) is 11.7. The van der Waals surface area contributed by atoms with Gasteiger partial charge in [-0.25, -0.2) is 14.4 Å². The minimum atomic E-state index is -0.298. The number of nitrogens with zero attached hydrogens (tertiary/aromatic N) is 4. The monoisotopic (exact) mass is 436 g/mol. The Bertz CT molecular complexity index is 1030. The Hall–Kier alpha value is -2.83. The molecular weight excluding hydrogens is 407 g/mol. The zero-order valence-electron chi connectivity index (χ0n) is 18.5. The molecule has 1 saturated heterocycles. The van der Waals surface area contributed by atoms with Gasteiger partial charge in [0.15, 0.2) is 5.82 Å². The summed E-state index contributed by atoms with van der Waals surface area (Å²) >= 11 is 0. The van der Waals surface area contributed by atoms with Gasteiger partial charge in [-0.15, -0.1) is 0 Å². The highest BCUT2D eigenvalue weighted by molar-refractivity contribution is 5.95. The zero-order chi connectivity index (χ0) is 22.2. The average molecular weight is 437 g/mol. The molecule has 3 aliphatic rings. The lowest BCUT2D eigenvalue weighted by molar-refractivity contribution is -0.136. The molecule has 0 bridgehead atoms. The van der Waals surface area contributed by atoms with Crippen molar-refractivity contribution in [3.63, 3.8) is 0 Å². The molecule has 1 aromatic carbocycles. The van der Waals surface area contributed by atoms with Crippen LogP contribution in [0.5, 0.6) is 0 Å². The zero-order valence-corrected chi connectivity index (χ0v) is 18.5. The van der Waals surface area contributed by atoms with Crippen LogP contribution >= 0.6 is 0 Å². The topological polar surface area (TPSA) is 66.4 Å². The Balaban J connectivity index is 1.47. The van der Waals surface area contributed by atoms with Crippen molar-refractivity contribution in [2.45, 2.75) is 70.9 Å². The van der Waals surface area contributed by atoms with Crippen molar-refractivity contribution >= 4 is 17.6 Å². The molecule has 6 nitrogen and oxygen atoms in total. The molecule has 32 heavy (non-hydrogen) atoms. The van der Waals surface area contributed by atoms with Gasteiger partial charge in [-0.1, -0.05) is 25.0 Å². The maximum Gasteiger partial charge on any atom is 0.228 e. The lowest BCUT2D eigenvalue weighted by Gasteiger charge is -2.31. The van der Waals surface area contributed by atoms with Crippen LogP contribution in [-0.2, 0) is 22.6 Å². The molecule has 2 aromatic rings. The average Bonchev–Trinajstić information content (AvgIpc) is 3.49. The lowest BCUT2D eigenvalue weighted by atomic mass is 10.0. The highest BCUT2D eigenvalue weighted by atomic mass is 19.1. The van der Waals surface area contributed by atoms with Crippen molar-refractivity contribution in [2.24, 2.45) is 5.92 Å². The number of rotatable bonds is 4. The van der Waals surface area contributed by atoms with E-state index in [0.29, 0.717) is 31.0 Å². The van der Waals surface area contributed by atoms with Crippen LogP contribution in [0.15, 0.2) is 24.3 Å². The van der Waals surface area contributed by atoms with Crippen LogP contribution in [0.1, 0.15) is 73.6 Å². The SMILES string of the molecule is Cc1nc(C2CCCN2C(=O)C2CCCC2)nc2c1CCC(=O)N2Cc1ccc(F)cc1. The van der Waals surface area contributed by atoms with Gasteiger partial charge in [0.25, 0.3) is 0 Å². The Morgan fingerprint density at radius 2 is 1.81 bits per heavy atom. The van der Waals surface area contributed by atoms with E-state index in [1.54, 1.807) is 17.0 Å². The molecule has 1 aromatic heterocycles. The van der Waals surface area contributed by atoms with Gasteiger partial charge < -0.3 is 4.90 Å². The van der Waals surface area contributed by atoms with Gasteiger partial charge in [-0.3, -0.25) is 14.5 Å². The van der Waals surface area contributed by atoms with Gasteiger partial charge in [0.05, 0.1) is 12.6 Å². The van der Waals surface area contributed by atoms with Crippen LogP contribution in [0.2, 0.25) is 0 Å². The summed E-state index contributed by atoms with van der Waals surface area (Å²) < 4.78 is 13.3. The molecule has 2 aliphatic heterocycles. The van der Waals surface area contributed by atoms with E-state index < -0.39 is 0 Å². The van der Waals surface area contributed by atoms with Crippen LogP contribution in [0.3, 0.4) is 0 Å². The summed E-state index contributed by atoms with van der Waals surface area (Å²) in [4.78, 5) is 39.4. The molecule has 168 valence electrons. The first-order chi connectivity index (χ1) is 15.5. The molecule has 1 aliphatic carbocycles. The maximum atomic E-state index is 13.3. The number of anilines is 1. The van der Waals surface area contributed by atoms with Gasteiger partial charge in [0.2, 0.25) is 11.8 Å². The Morgan fingerprint density at radius 1 is 1.06 bits per heavy atom. The van der Waals surface area contributed by atoms with Gasteiger partial charge in [0, 0.05) is 30.1 Å². The molecular formula is C25H29FN4O2. The minimum absolute atomic E-state index is 0.0104. The number of carbonyl (C=O) groups excluding carboxylic acids is 2. The first kappa shape index (κ1) is 21.0. The summed E-state index contributed by atoms with van der Waals surface area (Å²) in [6, 6.07) is 6.09. The van der Waals surface area contributed by atoms with E-state index in [1.807, 2.05) is 11.8 Å². The van der Waals surface area contributed by atoms with E-state index in [1.165, 1.54) is 12.1 Å². The molecule has 1 unspecified atom stereocenters. The summed E-state index contributed by atoms with van der Waals surface area (Å²) in [5.41, 5.74) is 2.72. The molecule has 7 heteroatoms. The molecule has 0 spiro atoms. The normalized spacial score (nSPS) is 21.3. The van der Waals surface area contributed by atoms with Gasteiger partial charge in [-0.05, 0) is 56.7 Å². The minimum Gasteiger partial charge on any atom is -0.332 e. The standard InChI is InChI=1S/C25H29FN4O2/c1-16-20-12-13-22(31)30(15-17-8-10-19(26)11-9-17)24(20)28-23(27-16)21-7-4-14-29(21)25(32)18-5-2-3-6-18/h8-11,18,21H,2-7,12-15H2,1H3. The predicted molar refractivity (Wildman–Crippen MR) is 118 cm³/mol. The fourth-order valence-electron chi connectivity index (χ4n) is 5.39. The molecule has 1 atom stereocenters. The van der Waals surface area contributed by atoms with Crippen LogP contribution in [0, 0.1) is 18.7 Å². The molecule has 3 heterocycles. The third-order valence-electron chi connectivity index (χ3n) is 7.15. The number of aromatic nitrogens is 2. The highest BCUT2D eigenvalue weighted by Crippen LogP contribution is 2.37. The quantitative estimate of drug-likeness (QED) is 0.718. The molecule has 0 N–H and O–H groups in total. The molecule has 1 saturated carbocycles. The second-order valence-corrected chi connectivity index (χ2v) is 9.25. The highest BCUT2D eigenvalue weighted by Gasteiger charge is 2.38. The number of likely N-dealkylation sites (tertiary alicyclic amines) is 1. The fraction of sp³-hybridized carbons (Fsp3) is 0.520. The van der Waals surface area contributed by atoms with E-state index in [-0.39, 0.29) is 29.6 Å². The van der Waals surface area contributed by atoms with Crippen molar-refractivity contribution in [1.29, 1.82) is 0 Å². The van der Waals surface area contributed by atoms with Gasteiger partial charge >= 0.3 is 0 Å². The number of aryl methyl sites for hydroxylation is 1. The van der Waals surface area contributed by atoms with Crippen molar-refractivity contribution in [2.75, 3.05) is 11.4 Å². The Labute approximate surface area is 187 Å². The third kappa shape index (κ3) is 3.89. The number of carbonyl (C=O) groups is 2. The lowest BCUT2D eigenvalue weighted by Crippen LogP contribution is -2.38. The summed E-state index contributed by atoms with van der Waals surface area (Å²) in [6.45, 7) is 3.06. The number of hydrogen-bond donors (Lipinski definition) is 0. The first-order valence-electron chi connectivity index (χ1n) is 11.7. The van der Waals surface area contributed by atoms with Crippen molar-refractivity contribution in [3.8, 4) is 0 Å². The second-order valence-electron chi connectivity index (χ2n) is 9.25. The van der Waals surface area contributed by atoms with Crippen LogP contribution in [-0.4, -0.2) is 33.2 Å². The molecule has 2 amide bonds.